The first kappa shape index (κ1) is 26.4. The number of esters is 1. The number of guanidine groups is 1. The summed E-state index contributed by atoms with van der Waals surface area (Å²) in [5, 5.41) is 12.1. The number of ether oxygens (including phenoxy) is 2. The summed E-state index contributed by atoms with van der Waals surface area (Å²) >= 11 is 0. The maximum Gasteiger partial charge on any atom is 0.328 e. The van der Waals surface area contributed by atoms with E-state index in [0.29, 0.717) is 19.4 Å². The summed E-state index contributed by atoms with van der Waals surface area (Å²) in [6, 6.07) is 6.65. The van der Waals surface area contributed by atoms with E-state index in [-0.39, 0.29) is 31.3 Å². The lowest BCUT2D eigenvalue weighted by Crippen LogP contribution is -2.41. The average molecular weight is 450 g/mol. The van der Waals surface area contributed by atoms with Crippen molar-refractivity contribution in [2.45, 2.75) is 45.6 Å². The molecule has 176 valence electrons. The van der Waals surface area contributed by atoms with Gasteiger partial charge in [-0.2, -0.15) is 0 Å². The van der Waals surface area contributed by atoms with Gasteiger partial charge in [0, 0.05) is 13.0 Å². The predicted octanol–water partition coefficient (Wildman–Crippen LogP) is 1.50. The molecule has 0 aliphatic rings. The van der Waals surface area contributed by atoms with Crippen LogP contribution in [0.4, 0.5) is 0 Å². The van der Waals surface area contributed by atoms with E-state index in [2.05, 4.69) is 10.3 Å². The SMILES string of the molecule is COC(=O)[C@H](CCCN=C(N)N[N+](=O)[O-])NC(=O)CCc1ccc(OCC=C(C)C)cc1. The van der Waals surface area contributed by atoms with Gasteiger partial charge in [0.05, 0.1) is 7.11 Å². The Morgan fingerprint density at radius 2 is 1.97 bits per heavy atom. The van der Waals surface area contributed by atoms with Crippen molar-refractivity contribution in [3.63, 3.8) is 0 Å². The second kappa shape index (κ2) is 14.4. The van der Waals surface area contributed by atoms with Crippen molar-refractivity contribution in [1.82, 2.24) is 10.7 Å². The Labute approximate surface area is 187 Å². The van der Waals surface area contributed by atoms with E-state index >= 15 is 0 Å². The van der Waals surface area contributed by atoms with E-state index in [1.807, 2.05) is 44.2 Å². The van der Waals surface area contributed by atoms with Crippen molar-refractivity contribution in [2.24, 2.45) is 10.7 Å². The van der Waals surface area contributed by atoms with Crippen molar-refractivity contribution in [1.29, 1.82) is 0 Å². The summed E-state index contributed by atoms with van der Waals surface area (Å²) in [4.78, 5) is 38.3. The van der Waals surface area contributed by atoms with Gasteiger partial charge in [0.15, 0.2) is 5.03 Å². The van der Waals surface area contributed by atoms with E-state index in [4.69, 9.17) is 15.2 Å². The number of rotatable bonds is 13. The number of carbonyl (C=O) groups is 2. The molecule has 1 aromatic carbocycles. The minimum atomic E-state index is -0.835. The van der Waals surface area contributed by atoms with Crippen LogP contribution in [0.1, 0.15) is 38.7 Å². The first-order valence-electron chi connectivity index (χ1n) is 10.1. The summed E-state index contributed by atoms with van der Waals surface area (Å²) < 4.78 is 10.3. The molecule has 1 amide bonds. The standard InChI is InChI=1S/C21H31N5O6/c1-15(2)12-14-32-17-9-6-16(7-10-17)8-11-19(27)24-18(20(28)31-3)5-4-13-23-21(22)25-26(29)30/h6-7,9-10,12,18H,4-5,8,11,13-14H2,1-3H3,(H,24,27)(H3,22,23,25)/t18-/m0/s1. The number of methoxy groups -OCH3 is 1. The van der Waals surface area contributed by atoms with Crippen LogP contribution < -0.4 is 21.2 Å². The highest BCUT2D eigenvalue weighted by atomic mass is 16.7. The number of nitrogens with zero attached hydrogens (tertiary/aromatic N) is 2. The molecule has 1 atom stereocenters. The molecule has 0 saturated carbocycles. The Kier molecular flexibility index (Phi) is 11.9. The van der Waals surface area contributed by atoms with Crippen molar-refractivity contribution >= 4 is 17.8 Å². The molecule has 0 saturated heterocycles. The number of nitro groups is 1. The summed E-state index contributed by atoms with van der Waals surface area (Å²) in [5.41, 5.74) is 9.20. The van der Waals surface area contributed by atoms with Gasteiger partial charge >= 0.3 is 5.97 Å². The highest BCUT2D eigenvalue weighted by Crippen LogP contribution is 2.14. The van der Waals surface area contributed by atoms with Gasteiger partial charge in [0.2, 0.25) is 5.91 Å². The fourth-order valence-corrected chi connectivity index (χ4v) is 2.60. The second-order valence-corrected chi connectivity index (χ2v) is 7.16. The number of benzene rings is 1. The number of hydrogen-bond donors (Lipinski definition) is 3. The molecule has 0 aliphatic heterocycles. The van der Waals surface area contributed by atoms with Gasteiger partial charge < -0.3 is 20.5 Å². The molecule has 0 unspecified atom stereocenters. The third-order valence-corrected chi connectivity index (χ3v) is 4.27. The molecule has 0 aliphatic carbocycles. The zero-order valence-electron chi connectivity index (χ0n) is 18.6. The van der Waals surface area contributed by atoms with Gasteiger partial charge in [-0.25, -0.2) is 19.9 Å². The molecule has 1 rings (SSSR count). The molecular formula is C21H31N5O6. The minimum absolute atomic E-state index is 0.151. The molecular weight excluding hydrogens is 418 g/mol. The van der Waals surface area contributed by atoms with Crippen LogP contribution in [0.2, 0.25) is 0 Å². The zero-order valence-corrected chi connectivity index (χ0v) is 18.6. The fraction of sp³-hybridized carbons (Fsp3) is 0.476. The van der Waals surface area contributed by atoms with E-state index in [1.165, 1.54) is 12.7 Å². The lowest BCUT2D eigenvalue weighted by atomic mass is 10.1. The quantitative estimate of drug-likeness (QED) is 0.0777. The zero-order chi connectivity index (χ0) is 23.9. The smallest absolute Gasteiger partial charge is 0.328 e. The number of carbonyl (C=O) groups excluding carboxylic acids is 2. The predicted molar refractivity (Wildman–Crippen MR) is 119 cm³/mol. The first-order valence-corrected chi connectivity index (χ1v) is 10.1. The molecule has 0 radical (unpaired) electrons. The molecule has 1 aromatic rings. The van der Waals surface area contributed by atoms with Crippen LogP contribution >= 0.6 is 0 Å². The molecule has 0 bridgehead atoms. The Balaban J connectivity index is 2.47. The van der Waals surface area contributed by atoms with Crippen LogP contribution in [0.5, 0.6) is 5.75 Å². The topological polar surface area (TPSA) is 158 Å². The van der Waals surface area contributed by atoms with Crippen LogP contribution in [0.15, 0.2) is 40.9 Å². The average Bonchev–Trinajstić information content (AvgIpc) is 2.74. The number of aryl methyl sites for hydroxylation is 1. The Morgan fingerprint density at radius 1 is 1.28 bits per heavy atom. The van der Waals surface area contributed by atoms with Crippen molar-refractivity contribution in [3.8, 4) is 5.75 Å². The van der Waals surface area contributed by atoms with Crippen molar-refractivity contribution in [2.75, 3.05) is 20.3 Å². The highest BCUT2D eigenvalue weighted by molar-refractivity contribution is 5.84. The summed E-state index contributed by atoms with van der Waals surface area (Å²) in [7, 11) is 1.24. The molecule has 0 fully saturated rings. The Hall–Kier alpha value is -3.63. The minimum Gasteiger partial charge on any atom is -0.490 e. The molecule has 11 nitrogen and oxygen atoms in total. The number of hydrogen-bond acceptors (Lipinski definition) is 7. The van der Waals surface area contributed by atoms with Crippen LogP contribution in [0.3, 0.4) is 0 Å². The van der Waals surface area contributed by atoms with E-state index in [0.717, 1.165) is 11.3 Å². The van der Waals surface area contributed by atoms with Crippen LogP contribution in [-0.4, -0.2) is 49.2 Å². The summed E-state index contributed by atoms with van der Waals surface area (Å²) in [5.74, 6) is -0.445. The van der Waals surface area contributed by atoms with Crippen LogP contribution in [-0.2, 0) is 20.7 Å². The highest BCUT2D eigenvalue weighted by Gasteiger charge is 2.20. The fourth-order valence-electron chi connectivity index (χ4n) is 2.60. The van der Waals surface area contributed by atoms with Gasteiger partial charge in [-0.15, -0.1) is 0 Å². The van der Waals surface area contributed by atoms with Gasteiger partial charge in [-0.3, -0.25) is 4.79 Å². The monoisotopic (exact) mass is 449 g/mol. The largest absolute Gasteiger partial charge is 0.490 e. The molecule has 11 heteroatoms. The van der Waals surface area contributed by atoms with Gasteiger partial charge in [-0.1, -0.05) is 23.1 Å². The number of nitrogens with two attached hydrogens (primary N) is 1. The number of hydrazine groups is 1. The number of amides is 1. The molecule has 32 heavy (non-hydrogen) atoms. The molecule has 0 spiro atoms. The van der Waals surface area contributed by atoms with Crippen LogP contribution in [0.25, 0.3) is 0 Å². The number of allylic oxidation sites excluding steroid dienone is 1. The molecule has 0 aromatic heterocycles. The maximum absolute atomic E-state index is 12.3. The third kappa shape index (κ3) is 11.5. The van der Waals surface area contributed by atoms with Gasteiger partial charge in [0.1, 0.15) is 18.4 Å². The summed E-state index contributed by atoms with van der Waals surface area (Å²) in [6.07, 6.45) is 3.31. The van der Waals surface area contributed by atoms with Crippen LogP contribution in [0, 0.1) is 10.1 Å². The lowest BCUT2D eigenvalue weighted by molar-refractivity contribution is -0.525. The van der Waals surface area contributed by atoms with Crippen molar-refractivity contribution < 1.29 is 24.1 Å². The summed E-state index contributed by atoms with van der Waals surface area (Å²) in [6.45, 7) is 4.66. The number of nitrogens with one attached hydrogen (secondary N) is 2. The second-order valence-electron chi connectivity index (χ2n) is 7.16. The molecule has 4 N–H and O–H groups in total. The van der Waals surface area contributed by atoms with Gasteiger partial charge in [-0.05, 0) is 56.9 Å². The first-order chi connectivity index (χ1) is 15.2. The van der Waals surface area contributed by atoms with Crippen molar-refractivity contribution in [3.05, 3.63) is 51.6 Å². The maximum atomic E-state index is 12.3. The Bertz CT molecular complexity index is 818. The third-order valence-electron chi connectivity index (χ3n) is 4.27. The lowest BCUT2D eigenvalue weighted by Gasteiger charge is -2.16. The van der Waals surface area contributed by atoms with E-state index < -0.39 is 17.0 Å². The number of aliphatic imine (C=N–C) groups is 1. The van der Waals surface area contributed by atoms with Gasteiger partial charge in [0.25, 0.3) is 5.96 Å². The van der Waals surface area contributed by atoms with E-state index in [1.54, 1.807) is 5.43 Å². The Morgan fingerprint density at radius 3 is 2.56 bits per heavy atom. The molecule has 0 heterocycles. The van der Waals surface area contributed by atoms with E-state index in [9.17, 15) is 19.7 Å². The normalized spacial score (nSPS) is 11.8.